The first-order valence-electron chi connectivity index (χ1n) is 10.2. The van der Waals surface area contributed by atoms with Gasteiger partial charge in [0.25, 0.3) is 11.6 Å². The van der Waals surface area contributed by atoms with Crippen molar-refractivity contribution in [3.05, 3.63) is 111 Å². The third-order valence-electron chi connectivity index (χ3n) is 5.75. The van der Waals surface area contributed by atoms with E-state index in [0.29, 0.717) is 18.1 Å². The summed E-state index contributed by atoms with van der Waals surface area (Å²) in [5.41, 5.74) is 2.29. The molecule has 0 aliphatic carbocycles. The zero-order chi connectivity index (χ0) is 21.8. The molecule has 0 atom stereocenters. The Morgan fingerprint density at radius 1 is 0.935 bits per heavy atom. The molecule has 0 unspecified atom stereocenters. The predicted octanol–water partition coefficient (Wildman–Crippen LogP) is 3.38. The van der Waals surface area contributed by atoms with Gasteiger partial charge in [-0.05, 0) is 12.1 Å². The molecule has 158 valence electrons. The molecule has 1 N–H and O–H groups in total. The Balaban J connectivity index is 1.54. The van der Waals surface area contributed by atoms with Gasteiger partial charge in [0, 0.05) is 22.2 Å². The molecule has 7 heteroatoms. The molecule has 6 nitrogen and oxygen atoms in total. The summed E-state index contributed by atoms with van der Waals surface area (Å²) in [4.78, 5) is 26.9. The molecular formula is C24H23ClN3O3+. The zero-order valence-electron chi connectivity index (χ0n) is 16.9. The van der Waals surface area contributed by atoms with E-state index in [1.165, 1.54) is 34.2 Å². The number of rotatable bonds is 5. The second kappa shape index (κ2) is 9.29. The molecule has 0 saturated carbocycles. The van der Waals surface area contributed by atoms with Crippen LogP contribution in [0.4, 0.5) is 5.69 Å². The van der Waals surface area contributed by atoms with Gasteiger partial charge in [-0.15, -0.1) is 0 Å². The van der Waals surface area contributed by atoms with Gasteiger partial charge in [0.15, 0.2) is 0 Å². The van der Waals surface area contributed by atoms with Crippen molar-refractivity contribution in [1.82, 2.24) is 4.90 Å². The fourth-order valence-corrected chi connectivity index (χ4v) is 4.42. The van der Waals surface area contributed by atoms with Crippen molar-refractivity contribution >= 4 is 23.2 Å². The molecule has 1 fully saturated rings. The van der Waals surface area contributed by atoms with E-state index in [9.17, 15) is 14.9 Å². The van der Waals surface area contributed by atoms with Crippen molar-refractivity contribution in [3.63, 3.8) is 0 Å². The molecule has 1 aliphatic rings. The molecule has 0 radical (unpaired) electrons. The van der Waals surface area contributed by atoms with E-state index >= 15 is 0 Å². The summed E-state index contributed by atoms with van der Waals surface area (Å²) in [5.74, 6) is -0.343. The van der Waals surface area contributed by atoms with E-state index in [1.54, 1.807) is 4.90 Å². The van der Waals surface area contributed by atoms with Crippen LogP contribution in [-0.4, -0.2) is 41.9 Å². The summed E-state index contributed by atoms with van der Waals surface area (Å²) >= 11 is 6.01. The largest absolute Gasteiger partial charge is 0.327 e. The topological polar surface area (TPSA) is 67.9 Å². The van der Waals surface area contributed by atoms with Crippen molar-refractivity contribution in [2.45, 2.75) is 6.04 Å². The fourth-order valence-electron chi connectivity index (χ4n) is 4.25. The molecule has 1 amide bonds. The number of piperazine rings is 1. The van der Waals surface area contributed by atoms with Crippen LogP contribution < -0.4 is 4.90 Å². The monoisotopic (exact) mass is 436 g/mol. The third-order valence-corrected chi connectivity index (χ3v) is 5.99. The highest BCUT2D eigenvalue weighted by atomic mass is 35.5. The summed E-state index contributed by atoms with van der Waals surface area (Å²) in [6.07, 6.45) is 0. The van der Waals surface area contributed by atoms with E-state index in [2.05, 4.69) is 24.3 Å². The molecule has 4 rings (SSSR count). The van der Waals surface area contributed by atoms with Crippen molar-refractivity contribution in [2.24, 2.45) is 0 Å². The first kappa shape index (κ1) is 21.0. The number of nitro groups is 1. The standard InChI is InChI=1S/C24H22ClN3O3/c25-20-11-12-22(28(30)31)21(17-20)24(29)27-15-13-26(14-16-27)23(18-7-3-1-4-8-18)19-9-5-2-6-10-19/h1-12,17,23H,13-16H2/p+1. The highest BCUT2D eigenvalue weighted by molar-refractivity contribution is 6.31. The van der Waals surface area contributed by atoms with Crippen LogP contribution >= 0.6 is 11.6 Å². The average molecular weight is 437 g/mol. The van der Waals surface area contributed by atoms with E-state index in [4.69, 9.17) is 11.6 Å². The lowest BCUT2D eigenvalue weighted by Gasteiger charge is -2.37. The van der Waals surface area contributed by atoms with Crippen LogP contribution in [0.5, 0.6) is 0 Å². The lowest BCUT2D eigenvalue weighted by atomic mass is 9.96. The van der Waals surface area contributed by atoms with Gasteiger partial charge in [0.05, 0.1) is 31.1 Å². The SMILES string of the molecule is O=C(c1cc(Cl)ccc1[N+](=O)[O-])N1CC[NH+](C(c2ccccc2)c2ccccc2)CC1. The Hall–Kier alpha value is -3.22. The first-order chi connectivity index (χ1) is 15.0. The van der Waals surface area contributed by atoms with Crippen molar-refractivity contribution in [1.29, 1.82) is 0 Å². The normalized spacial score (nSPS) is 14.6. The van der Waals surface area contributed by atoms with Crippen molar-refractivity contribution in [2.75, 3.05) is 26.2 Å². The zero-order valence-corrected chi connectivity index (χ0v) is 17.7. The number of carbonyl (C=O) groups excluding carboxylic acids is 1. The van der Waals surface area contributed by atoms with E-state index in [1.807, 2.05) is 36.4 Å². The number of amides is 1. The van der Waals surface area contributed by atoms with E-state index in [0.717, 1.165) is 13.1 Å². The lowest BCUT2D eigenvalue weighted by molar-refractivity contribution is -0.929. The number of carbonyl (C=O) groups is 1. The Morgan fingerprint density at radius 2 is 1.48 bits per heavy atom. The van der Waals surface area contributed by atoms with Crippen LogP contribution in [0, 0.1) is 10.1 Å². The molecule has 3 aromatic carbocycles. The third kappa shape index (κ3) is 4.60. The summed E-state index contributed by atoms with van der Waals surface area (Å²) in [6.45, 7) is 2.53. The van der Waals surface area contributed by atoms with Crippen molar-refractivity contribution < 1.29 is 14.6 Å². The maximum absolute atomic E-state index is 13.0. The molecule has 0 aromatic heterocycles. The van der Waals surface area contributed by atoms with E-state index < -0.39 is 4.92 Å². The number of benzene rings is 3. The summed E-state index contributed by atoms with van der Waals surface area (Å²) in [6, 6.07) is 25.0. The number of nitro benzene ring substituents is 1. The number of quaternary nitrogens is 1. The van der Waals surface area contributed by atoms with Gasteiger partial charge in [0.2, 0.25) is 0 Å². The number of halogens is 1. The quantitative estimate of drug-likeness (QED) is 0.492. The Bertz CT molecular complexity index is 1030. The summed E-state index contributed by atoms with van der Waals surface area (Å²) in [7, 11) is 0. The Morgan fingerprint density at radius 3 is 2.00 bits per heavy atom. The molecule has 1 aliphatic heterocycles. The summed E-state index contributed by atoms with van der Waals surface area (Å²) in [5, 5.41) is 11.7. The molecular weight excluding hydrogens is 414 g/mol. The van der Waals surface area contributed by atoms with Gasteiger partial charge in [-0.25, -0.2) is 0 Å². The fraction of sp³-hybridized carbons (Fsp3) is 0.208. The van der Waals surface area contributed by atoms with Gasteiger partial charge >= 0.3 is 0 Å². The minimum Gasteiger partial charge on any atom is -0.327 e. The van der Waals surface area contributed by atoms with Crippen LogP contribution in [0.2, 0.25) is 5.02 Å². The molecule has 31 heavy (non-hydrogen) atoms. The van der Waals surface area contributed by atoms with Gasteiger partial charge in [-0.1, -0.05) is 72.3 Å². The predicted molar refractivity (Wildman–Crippen MR) is 119 cm³/mol. The van der Waals surface area contributed by atoms with Crippen LogP contribution in [0.3, 0.4) is 0 Å². The number of hydrogen-bond donors (Lipinski definition) is 1. The first-order valence-corrected chi connectivity index (χ1v) is 10.6. The minimum absolute atomic E-state index is 0.0450. The van der Waals surface area contributed by atoms with E-state index in [-0.39, 0.29) is 23.2 Å². The Labute approximate surface area is 185 Å². The Kier molecular flexibility index (Phi) is 6.30. The lowest BCUT2D eigenvalue weighted by Crippen LogP contribution is -3.15. The van der Waals surface area contributed by atoms with Gasteiger partial charge in [-0.2, -0.15) is 0 Å². The smallest absolute Gasteiger partial charge is 0.282 e. The molecule has 0 bridgehead atoms. The second-order valence-corrected chi connectivity index (χ2v) is 8.06. The highest BCUT2D eigenvalue weighted by Gasteiger charge is 2.33. The van der Waals surface area contributed by atoms with Crippen LogP contribution in [-0.2, 0) is 0 Å². The molecule has 1 saturated heterocycles. The van der Waals surface area contributed by atoms with Gasteiger partial charge in [0.1, 0.15) is 11.6 Å². The highest BCUT2D eigenvalue weighted by Crippen LogP contribution is 2.25. The maximum atomic E-state index is 13.0. The number of nitrogens with zero attached hydrogens (tertiary/aromatic N) is 2. The minimum atomic E-state index is -0.536. The van der Waals surface area contributed by atoms with Gasteiger partial charge < -0.3 is 9.80 Å². The number of nitrogens with one attached hydrogen (secondary N) is 1. The molecule has 0 spiro atoms. The number of hydrogen-bond acceptors (Lipinski definition) is 3. The van der Waals surface area contributed by atoms with Gasteiger partial charge in [-0.3, -0.25) is 14.9 Å². The van der Waals surface area contributed by atoms with Crippen LogP contribution in [0.1, 0.15) is 27.5 Å². The van der Waals surface area contributed by atoms with Crippen LogP contribution in [0.15, 0.2) is 78.9 Å². The average Bonchev–Trinajstić information content (AvgIpc) is 2.80. The maximum Gasteiger partial charge on any atom is 0.282 e. The second-order valence-electron chi connectivity index (χ2n) is 7.62. The van der Waals surface area contributed by atoms with Crippen LogP contribution in [0.25, 0.3) is 0 Å². The molecule has 3 aromatic rings. The van der Waals surface area contributed by atoms with Crippen molar-refractivity contribution in [3.8, 4) is 0 Å². The molecule has 1 heterocycles. The summed E-state index contributed by atoms with van der Waals surface area (Å²) < 4.78 is 0.